The van der Waals surface area contributed by atoms with Gasteiger partial charge in [0.05, 0.1) is 31.7 Å². The predicted octanol–water partition coefficient (Wildman–Crippen LogP) is 1.30. The average molecular weight is 310 g/mol. The highest BCUT2D eigenvalue weighted by Gasteiger charge is 2.49. The van der Waals surface area contributed by atoms with Crippen molar-refractivity contribution in [3.8, 4) is 0 Å². The van der Waals surface area contributed by atoms with Gasteiger partial charge in [-0.05, 0) is 19.8 Å². The summed E-state index contributed by atoms with van der Waals surface area (Å²) in [6.45, 7) is 6.93. The standard InChI is InChI=1S/C15H23FN4O2/c1-2-22-13-7-15(8-13,20-3-5-21-6-4-20)11-19-14-17-9-12(16)10-18-14/h9-10,13H,2-8,11H2,1H3,(H,17,18,19). The summed E-state index contributed by atoms with van der Waals surface area (Å²) in [7, 11) is 0. The van der Waals surface area contributed by atoms with Gasteiger partial charge in [-0.1, -0.05) is 0 Å². The van der Waals surface area contributed by atoms with Gasteiger partial charge in [0.1, 0.15) is 0 Å². The van der Waals surface area contributed by atoms with Crippen LogP contribution in [-0.2, 0) is 9.47 Å². The Balaban J connectivity index is 1.62. The molecule has 3 rings (SSSR count). The minimum Gasteiger partial charge on any atom is -0.379 e. The van der Waals surface area contributed by atoms with Crippen LogP contribution in [0.25, 0.3) is 0 Å². The first-order valence-corrected chi connectivity index (χ1v) is 7.88. The lowest BCUT2D eigenvalue weighted by atomic mass is 9.72. The molecule has 2 aliphatic rings. The molecule has 22 heavy (non-hydrogen) atoms. The number of ether oxygens (including phenoxy) is 2. The van der Waals surface area contributed by atoms with E-state index in [0.717, 1.165) is 52.3 Å². The fourth-order valence-electron chi connectivity index (χ4n) is 3.34. The third kappa shape index (κ3) is 3.37. The van der Waals surface area contributed by atoms with Crippen LogP contribution in [0, 0.1) is 5.82 Å². The summed E-state index contributed by atoms with van der Waals surface area (Å²) < 4.78 is 24.1. The van der Waals surface area contributed by atoms with Gasteiger partial charge >= 0.3 is 0 Å². The molecular formula is C15H23FN4O2. The van der Waals surface area contributed by atoms with Crippen LogP contribution < -0.4 is 5.32 Å². The molecule has 0 unspecified atom stereocenters. The minimum absolute atomic E-state index is 0.0569. The molecule has 0 atom stereocenters. The maximum Gasteiger partial charge on any atom is 0.222 e. The molecule has 0 bridgehead atoms. The molecule has 0 aromatic carbocycles. The molecule has 0 radical (unpaired) electrons. The van der Waals surface area contributed by atoms with Crippen LogP contribution in [-0.4, -0.2) is 66.0 Å². The van der Waals surface area contributed by atoms with E-state index in [4.69, 9.17) is 9.47 Å². The number of aromatic nitrogens is 2. The molecule has 1 N–H and O–H groups in total. The van der Waals surface area contributed by atoms with Gasteiger partial charge in [0.2, 0.25) is 5.95 Å². The van der Waals surface area contributed by atoms with Crippen LogP contribution in [0.4, 0.5) is 10.3 Å². The van der Waals surface area contributed by atoms with E-state index in [1.54, 1.807) is 0 Å². The lowest BCUT2D eigenvalue weighted by Gasteiger charge is -2.55. The summed E-state index contributed by atoms with van der Waals surface area (Å²) in [5, 5.41) is 3.25. The second-order valence-electron chi connectivity index (χ2n) is 5.89. The second kappa shape index (κ2) is 6.85. The van der Waals surface area contributed by atoms with E-state index >= 15 is 0 Å². The number of morpholine rings is 1. The third-order valence-electron chi connectivity index (χ3n) is 4.50. The summed E-state index contributed by atoms with van der Waals surface area (Å²) in [5.74, 6) is 0.0439. The van der Waals surface area contributed by atoms with Crippen LogP contribution in [0.15, 0.2) is 12.4 Å². The maximum atomic E-state index is 12.9. The number of anilines is 1. The van der Waals surface area contributed by atoms with Gasteiger partial charge in [-0.2, -0.15) is 0 Å². The van der Waals surface area contributed by atoms with Gasteiger partial charge in [-0.15, -0.1) is 0 Å². The van der Waals surface area contributed by atoms with E-state index in [-0.39, 0.29) is 5.54 Å². The van der Waals surface area contributed by atoms with E-state index in [2.05, 4.69) is 20.2 Å². The maximum absolute atomic E-state index is 12.9. The highest BCUT2D eigenvalue weighted by Crippen LogP contribution is 2.40. The van der Waals surface area contributed by atoms with Crippen molar-refractivity contribution in [1.29, 1.82) is 0 Å². The Bertz CT molecular complexity index is 473. The van der Waals surface area contributed by atoms with Crippen molar-refractivity contribution in [3.05, 3.63) is 18.2 Å². The van der Waals surface area contributed by atoms with Crippen LogP contribution >= 0.6 is 0 Å². The Morgan fingerprint density at radius 3 is 2.68 bits per heavy atom. The molecule has 7 heteroatoms. The van der Waals surface area contributed by atoms with Crippen molar-refractivity contribution in [2.75, 3.05) is 44.8 Å². The second-order valence-corrected chi connectivity index (χ2v) is 5.89. The lowest BCUT2D eigenvalue weighted by Crippen LogP contribution is -2.65. The molecule has 1 aromatic heterocycles. The summed E-state index contributed by atoms with van der Waals surface area (Å²) in [5.41, 5.74) is 0.0569. The van der Waals surface area contributed by atoms with Gasteiger partial charge in [-0.3, -0.25) is 4.90 Å². The Labute approximate surface area is 130 Å². The van der Waals surface area contributed by atoms with Gasteiger partial charge in [0, 0.05) is 31.8 Å². The monoisotopic (exact) mass is 310 g/mol. The highest BCUT2D eigenvalue weighted by molar-refractivity contribution is 5.25. The van der Waals surface area contributed by atoms with Crippen molar-refractivity contribution in [2.45, 2.75) is 31.4 Å². The largest absolute Gasteiger partial charge is 0.379 e. The number of hydrogen-bond donors (Lipinski definition) is 1. The molecule has 1 saturated heterocycles. The number of halogens is 1. The fourth-order valence-corrected chi connectivity index (χ4v) is 3.34. The zero-order valence-electron chi connectivity index (χ0n) is 12.9. The molecule has 1 aliphatic heterocycles. The number of rotatable bonds is 6. The Kier molecular flexibility index (Phi) is 4.85. The van der Waals surface area contributed by atoms with Crippen LogP contribution in [0.3, 0.4) is 0 Å². The van der Waals surface area contributed by atoms with E-state index in [9.17, 15) is 4.39 Å². The van der Waals surface area contributed by atoms with Crippen molar-refractivity contribution in [3.63, 3.8) is 0 Å². The predicted molar refractivity (Wildman–Crippen MR) is 80.3 cm³/mol. The van der Waals surface area contributed by atoms with E-state index in [0.29, 0.717) is 12.1 Å². The van der Waals surface area contributed by atoms with Gasteiger partial charge in [0.25, 0.3) is 0 Å². The summed E-state index contributed by atoms with van der Waals surface area (Å²) in [6.07, 6.45) is 4.68. The van der Waals surface area contributed by atoms with E-state index in [1.165, 1.54) is 12.4 Å². The number of hydrogen-bond acceptors (Lipinski definition) is 6. The Morgan fingerprint density at radius 1 is 1.36 bits per heavy atom. The third-order valence-corrected chi connectivity index (χ3v) is 4.50. The molecule has 1 aliphatic carbocycles. The Morgan fingerprint density at radius 2 is 2.05 bits per heavy atom. The Hall–Kier alpha value is -1.31. The normalized spacial score (nSPS) is 29.1. The molecule has 1 aromatic rings. The van der Waals surface area contributed by atoms with Crippen molar-refractivity contribution in [2.24, 2.45) is 0 Å². The lowest BCUT2D eigenvalue weighted by molar-refractivity contribution is -0.121. The molecule has 2 fully saturated rings. The van der Waals surface area contributed by atoms with Crippen molar-refractivity contribution in [1.82, 2.24) is 14.9 Å². The zero-order valence-corrected chi connectivity index (χ0v) is 12.9. The minimum atomic E-state index is -0.423. The molecule has 6 nitrogen and oxygen atoms in total. The summed E-state index contributed by atoms with van der Waals surface area (Å²) >= 11 is 0. The summed E-state index contributed by atoms with van der Waals surface area (Å²) in [6, 6.07) is 0. The number of nitrogens with one attached hydrogen (secondary N) is 1. The fraction of sp³-hybridized carbons (Fsp3) is 0.733. The van der Waals surface area contributed by atoms with Crippen molar-refractivity contribution >= 4 is 5.95 Å². The molecule has 122 valence electrons. The first-order valence-electron chi connectivity index (χ1n) is 7.88. The van der Waals surface area contributed by atoms with Gasteiger partial charge in [0.15, 0.2) is 5.82 Å². The van der Waals surface area contributed by atoms with Gasteiger partial charge < -0.3 is 14.8 Å². The molecule has 1 saturated carbocycles. The molecule has 2 heterocycles. The zero-order chi connectivity index (χ0) is 15.4. The van der Waals surface area contributed by atoms with Crippen LogP contribution in [0.2, 0.25) is 0 Å². The van der Waals surface area contributed by atoms with Crippen LogP contribution in [0.1, 0.15) is 19.8 Å². The summed E-state index contributed by atoms with van der Waals surface area (Å²) in [4.78, 5) is 10.4. The molecule has 0 spiro atoms. The van der Waals surface area contributed by atoms with Crippen molar-refractivity contribution < 1.29 is 13.9 Å². The SMILES string of the molecule is CCOC1CC(CNc2ncc(F)cn2)(N2CCOCC2)C1. The highest BCUT2D eigenvalue weighted by atomic mass is 19.1. The van der Waals surface area contributed by atoms with E-state index < -0.39 is 5.82 Å². The first-order chi connectivity index (χ1) is 10.7. The topological polar surface area (TPSA) is 59.5 Å². The smallest absolute Gasteiger partial charge is 0.222 e. The first kappa shape index (κ1) is 15.6. The molecule has 0 amide bonds. The number of nitrogens with zero attached hydrogens (tertiary/aromatic N) is 3. The van der Waals surface area contributed by atoms with E-state index in [1.807, 2.05) is 6.92 Å². The van der Waals surface area contributed by atoms with Crippen LogP contribution in [0.5, 0.6) is 0 Å². The quantitative estimate of drug-likeness (QED) is 0.854. The molecular weight excluding hydrogens is 287 g/mol. The van der Waals surface area contributed by atoms with Gasteiger partial charge in [-0.25, -0.2) is 14.4 Å². The average Bonchev–Trinajstić information content (AvgIpc) is 2.52.